The van der Waals surface area contributed by atoms with Gasteiger partial charge in [-0.25, -0.2) is 0 Å². The molecule has 0 radical (unpaired) electrons. The summed E-state index contributed by atoms with van der Waals surface area (Å²) in [5, 5.41) is 12.9. The van der Waals surface area contributed by atoms with Crippen molar-refractivity contribution in [3.8, 4) is 0 Å². The van der Waals surface area contributed by atoms with E-state index in [4.69, 9.17) is 0 Å². The Bertz CT molecular complexity index is 378. The van der Waals surface area contributed by atoms with E-state index in [9.17, 15) is 9.90 Å². The lowest BCUT2D eigenvalue weighted by Crippen LogP contribution is -2.28. The SMILES string of the molecule is CC(=O)c1ccc(NC2CCC(O)CC2)cc1. The second-order valence-electron chi connectivity index (χ2n) is 4.78. The van der Waals surface area contributed by atoms with Gasteiger partial charge in [-0.05, 0) is 56.9 Å². The van der Waals surface area contributed by atoms with Crippen LogP contribution in [0.3, 0.4) is 0 Å². The van der Waals surface area contributed by atoms with E-state index in [1.165, 1.54) is 0 Å². The van der Waals surface area contributed by atoms with Gasteiger partial charge in [-0.1, -0.05) is 0 Å². The number of aliphatic hydroxyl groups excluding tert-OH is 1. The van der Waals surface area contributed by atoms with Crippen molar-refractivity contribution in [1.29, 1.82) is 0 Å². The Morgan fingerprint density at radius 2 is 1.76 bits per heavy atom. The second kappa shape index (κ2) is 5.32. The Labute approximate surface area is 102 Å². The molecule has 0 amide bonds. The van der Waals surface area contributed by atoms with Gasteiger partial charge < -0.3 is 10.4 Å². The molecule has 2 rings (SSSR count). The molecule has 1 aromatic rings. The molecule has 1 aromatic carbocycles. The van der Waals surface area contributed by atoms with Gasteiger partial charge in [0.15, 0.2) is 5.78 Å². The lowest BCUT2D eigenvalue weighted by atomic mass is 9.93. The van der Waals surface area contributed by atoms with Crippen molar-refractivity contribution < 1.29 is 9.90 Å². The van der Waals surface area contributed by atoms with Crippen LogP contribution in [-0.4, -0.2) is 23.0 Å². The third kappa shape index (κ3) is 3.30. The van der Waals surface area contributed by atoms with Crippen molar-refractivity contribution >= 4 is 11.5 Å². The molecule has 17 heavy (non-hydrogen) atoms. The van der Waals surface area contributed by atoms with Crippen LogP contribution in [0.5, 0.6) is 0 Å². The molecular formula is C14H19NO2. The van der Waals surface area contributed by atoms with Crippen LogP contribution in [0.1, 0.15) is 43.0 Å². The smallest absolute Gasteiger partial charge is 0.159 e. The Kier molecular flexibility index (Phi) is 3.79. The van der Waals surface area contributed by atoms with Crippen molar-refractivity contribution in [2.24, 2.45) is 0 Å². The fraction of sp³-hybridized carbons (Fsp3) is 0.500. The first kappa shape index (κ1) is 12.1. The molecule has 92 valence electrons. The largest absolute Gasteiger partial charge is 0.393 e. The Morgan fingerprint density at radius 3 is 2.29 bits per heavy atom. The van der Waals surface area contributed by atoms with E-state index in [2.05, 4.69) is 5.32 Å². The number of aliphatic hydroxyl groups is 1. The summed E-state index contributed by atoms with van der Waals surface area (Å²) in [4.78, 5) is 11.1. The minimum absolute atomic E-state index is 0.0948. The van der Waals surface area contributed by atoms with Crippen molar-refractivity contribution in [3.05, 3.63) is 29.8 Å². The van der Waals surface area contributed by atoms with Crippen LogP contribution in [0.2, 0.25) is 0 Å². The quantitative estimate of drug-likeness (QED) is 0.789. The zero-order chi connectivity index (χ0) is 12.3. The van der Waals surface area contributed by atoms with Crippen LogP contribution < -0.4 is 5.32 Å². The number of hydrogen-bond donors (Lipinski definition) is 2. The van der Waals surface area contributed by atoms with Gasteiger partial charge >= 0.3 is 0 Å². The van der Waals surface area contributed by atoms with Gasteiger partial charge in [-0.2, -0.15) is 0 Å². The molecular weight excluding hydrogens is 214 g/mol. The summed E-state index contributed by atoms with van der Waals surface area (Å²) in [5.74, 6) is 0.0948. The Morgan fingerprint density at radius 1 is 1.18 bits per heavy atom. The zero-order valence-electron chi connectivity index (χ0n) is 10.1. The van der Waals surface area contributed by atoms with Gasteiger partial charge in [0.1, 0.15) is 0 Å². The second-order valence-corrected chi connectivity index (χ2v) is 4.78. The molecule has 0 spiro atoms. The number of anilines is 1. The van der Waals surface area contributed by atoms with E-state index in [0.717, 1.165) is 36.9 Å². The standard InChI is InChI=1S/C14H19NO2/c1-10(16)11-2-4-12(5-3-11)15-13-6-8-14(17)9-7-13/h2-5,13-15,17H,6-9H2,1H3. The van der Waals surface area contributed by atoms with E-state index in [-0.39, 0.29) is 11.9 Å². The highest BCUT2D eigenvalue weighted by Crippen LogP contribution is 2.22. The summed E-state index contributed by atoms with van der Waals surface area (Å²) in [7, 11) is 0. The van der Waals surface area contributed by atoms with Gasteiger partial charge in [0, 0.05) is 17.3 Å². The van der Waals surface area contributed by atoms with E-state index < -0.39 is 0 Å². The highest BCUT2D eigenvalue weighted by atomic mass is 16.3. The lowest BCUT2D eigenvalue weighted by molar-refractivity contribution is 0.101. The average Bonchev–Trinajstić information content (AvgIpc) is 2.33. The predicted octanol–water partition coefficient (Wildman–Crippen LogP) is 2.60. The van der Waals surface area contributed by atoms with Crippen molar-refractivity contribution in [2.75, 3.05) is 5.32 Å². The number of ketones is 1. The van der Waals surface area contributed by atoms with Crippen LogP contribution in [0, 0.1) is 0 Å². The van der Waals surface area contributed by atoms with E-state index >= 15 is 0 Å². The number of Topliss-reactive ketones (excluding diaryl/α,β-unsaturated/α-hetero) is 1. The van der Waals surface area contributed by atoms with Crippen LogP contribution in [0.25, 0.3) is 0 Å². The van der Waals surface area contributed by atoms with Gasteiger partial charge in [-0.15, -0.1) is 0 Å². The first-order valence-corrected chi connectivity index (χ1v) is 6.21. The van der Waals surface area contributed by atoms with Gasteiger partial charge in [0.2, 0.25) is 0 Å². The summed E-state index contributed by atoms with van der Waals surface area (Å²) in [6, 6.07) is 8.04. The third-order valence-electron chi connectivity index (χ3n) is 3.36. The van der Waals surface area contributed by atoms with E-state index in [1.54, 1.807) is 6.92 Å². The Hall–Kier alpha value is -1.35. The Balaban J connectivity index is 1.92. The summed E-state index contributed by atoms with van der Waals surface area (Å²) in [5.41, 5.74) is 1.80. The molecule has 0 aromatic heterocycles. The van der Waals surface area contributed by atoms with E-state index in [1.807, 2.05) is 24.3 Å². The topological polar surface area (TPSA) is 49.3 Å². The molecule has 0 heterocycles. The molecule has 1 aliphatic carbocycles. The van der Waals surface area contributed by atoms with Gasteiger partial charge in [0.25, 0.3) is 0 Å². The van der Waals surface area contributed by atoms with Crippen LogP contribution in [0.15, 0.2) is 24.3 Å². The van der Waals surface area contributed by atoms with Crippen LogP contribution in [-0.2, 0) is 0 Å². The zero-order valence-corrected chi connectivity index (χ0v) is 10.1. The van der Waals surface area contributed by atoms with Crippen LogP contribution >= 0.6 is 0 Å². The normalized spacial score (nSPS) is 24.4. The highest BCUT2D eigenvalue weighted by molar-refractivity contribution is 5.94. The minimum Gasteiger partial charge on any atom is -0.393 e. The molecule has 2 N–H and O–H groups in total. The maximum Gasteiger partial charge on any atom is 0.159 e. The fourth-order valence-corrected chi connectivity index (χ4v) is 2.26. The van der Waals surface area contributed by atoms with Crippen LogP contribution in [0.4, 0.5) is 5.69 Å². The number of benzene rings is 1. The maximum atomic E-state index is 11.1. The van der Waals surface area contributed by atoms with Crippen molar-refractivity contribution in [3.63, 3.8) is 0 Å². The van der Waals surface area contributed by atoms with Gasteiger partial charge in [-0.3, -0.25) is 4.79 Å². The molecule has 3 heteroatoms. The van der Waals surface area contributed by atoms with Crippen molar-refractivity contribution in [2.45, 2.75) is 44.8 Å². The summed E-state index contributed by atoms with van der Waals surface area (Å²) < 4.78 is 0. The molecule has 0 atom stereocenters. The molecule has 0 saturated heterocycles. The highest BCUT2D eigenvalue weighted by Gasteiger charge is 2.18. The minimum atomic E-state index is -0.117. The third-order valence-corrected chi connectivity index (χ3v) is 3.36. The molecule has 0 aliphatic heterocycles. The first-order chi connectivity index (χ1) is 8.15. The molecule has 0 unspecified atom stereocenters. The summed E-state index contributed by atoms with van der Waals surface area (Å²) >= 11 is 0. The molecule has 0 bridgehead atoms. The van der Waals surface area contributed by atoms with Crippen molar-refractivity contribution in [1.82, 2.24) is 0 Å². The molecule has 1 aliphatic rings. The summed E-state index contributed by atoms with van der Waals surface area (Å²) in [6.07, 6.45) is 3.66. The maximum absolute atomic E-state index is 11.1. The van der Waals surface area contributed by atoms with Gasteiger partial charge in [0.05, 0.1) is 6.10 Å². The molecule has 1 fully saturated rings. The monoisotopic (exact) mass is 233 g/mol. The molecule has 1 saturated carbocycles. The summed E-state index contributed by atoms with van der Waals surface area (Å²) in [6.45, 7) is 1.57. The number of nitrogens with one attached hydrogen (secondary N) is 1. The number of carbonyl (C=O) groups is 1. The number of rotatable bonds is 3. The molecule has 3 nitrogen and oxygen atoms in total. The lowest BCUT2D eigenvalue weighted by Gasteiger charge is -2.27. The number of carbonyl (C=O) groups excluding carboxylic acids is 1. The average molecular weight is 233 g/mol. The first-order valence-electron chi connectivity index (χ1n) is 6.21. The predicted molar refractivity (Wildman–Crippen MR) is 68.3 cm³/mol. The fourth-order valence-electron chi connectivity index (χ4n) is 2.26. The van der Waals surface area contributed by atoms with E-state index in [0.29, 0.717) is 6.04 Å². The number of hydrogen-bond acceptors (Lipinski definition) is 3.